The van der Waals surface area contributed by atoms with Crippen LogP contribution in [0.2, 0.25) is 0 Å². The highest BCUT2D eigenvalue weighted by atomic mass is 19.3. The smallest absolute Gasteiger partial charge is 0.425 e. The van der Waals surface area contributed by atoms with E-state index in [4.69, 9.17) is 0 Å². The Morgan fingerprint density at radius 1 is 0.774 bits per heavy atom. The summed E-state index contributed by atoms with van der Waals surface area (Å²) >= 11 is 0. The van der Waals surface area contributed by atoms with Gasteiger partial charge in [0, 0.05) is 5.56 Å². The Morgan fingerprint density at radius 2 is 1.45 bits per heavy atom. The topological polar surface area (TPSA) is 9.23 Å². The van der Waals surface area contributed by atoms with Crippen LogP contribution in [0.25, 0.3) is 22.3 Å². The number of hydrogen-bond acceptors (Lipinski definition) is 1. The highest BCUT2D eigenvalue weighted by Gasteiger charge is 2.43. The third-order valence-electron chi connectivity index (χ3n) is 5.76. The summed E-state index contributed by atoms with van der Waals surface area (Å²) in [7, 11) is 0. The molecule has 0 aromatic heterocycles. The van der Waals surface area contributed by atoms with Crippen molar-refractivity contribution < 1.29 is 22.3 Å². The van der Waals surface area contributed by atoms with Crippen LogP contribution in [0, 0.1) is 11.6 Å². The first kappa shape index (κ1) is 21.4. The van der Waals surface area contributed by atoms with Crippen LogP contribution >= 0.6 is 0 Å². The van der Waals surface area contributed by atoms with Gasteiger partial charge in [-0.15, -0.1) is 0 Å². The third kappa shape index (κ3) is 4.32. The normalized spacial score (nSPS) is 14.0. The number of aryl methyl sites for hydroxylation is 1. The van der Waals surface area contributed by atoms with Crippen molar-refractivity contribution in [3.63, 3.8) is 0 Å². The second-order valence-electron chi connectivity index (χ2n) is 7.98. The molecule has 0 saturated heterocycles. The Kier molecular flexibility index (Phi) is 6.03. The number of ether oxygens (including phenoxy) is 1. The van der Waals surface area contributed by atoms with Crippen LogP contribution in [0.1, 0.15) is 50.2 Å². The molecule has 0 radical (unpaired) electrons. The minimum Gasteiger partial charge on any atom is -0.425 e. The summed E-state index contributed by atoms with van der Waals surface area (Å²) in [5.41, 5.74) is 2.54. The van der Waals surface area contributed by atoms with E-state index in [1.54, 1.807) is 6.07 Å². The van der Waals surface area contributed by atoms with Gasteiger partial charge in [0.2, 0.25) is 5.82 Å². The monoisotopic (exact) mass is 428 g/mol. The molecule has 1 heterocycles. The quantitative estimate of drug-likeness (QED) is 0.272. The second kappa shape index (κ2) is 8.74. The molecular formula is C26H24F4O. The van der Waals surface area contributed by atoms with Crippen molar-refractivity contribution in [3.05, 3.63) is 77.4 Å². The maximum Gasteiger partial charge on any atom is 0.427 e. The van der Waals surface area contributed by atoms with E-state index in [0.717, 1.165) is 24.5 Å². The van der Waals surface area contributed by atoms with Gasteiger partial charge in [-0.3, -0.25) is 0 Å². The Labute approximate surface area is 179 Å². The molecule has 1 aliphatic rings. The molecule has 0 aliphatic carbocycles. The van der Waals surface area contributed by atoms with Crippen LogP contribution < -0.4 is 4.74 Å². The predicted molar refractivity (Wildman–Crippen MR) is 114 cm³/mol. The zero-order valence-corrected chi connectivity index (χ0v) is 17.4. The van der Waals surface area contributed by atoms with Gasteiger partial charge in [0.25, 0.3) is 0 Å². The van der Waals surface area contributed by atoms with Crippen LogP contribution in [0.3, 0.4) is 0 Å². The van der Waals surface area contributed by atoms with Gasteiger partial charge < -0.3 is 4.74 Å². The molecule has 0 unspecified atom stereocenters. The Morgan fingerprint density at radius 3 is 2.19 bits per heavy atom. The summed E-state index contributed by atoms with van der Waals surface area (Å²) < 4.78 is 61.4. The maximum atomic E-state index is 14.7. The summed E-state index contributed by atoms with van der Waals surface area (Å²) in [6.45, 7) is 2.19. The van der Waals surface area contributed by atoms with Crippen LogP contribution in [-0.2, 0) is 12.5 Å². The summed E-state index contributed by atoms with van der Waals surface area (Å²) in [6.07, 6.45) is 3.32. The third-order valence-corrected chi connectivity index (χ3v) is 5.76. The van der Waals surface area contributed by atoms with Crippen molar-refractivity contribution >= 4 is 0 Å². The van der Waals surface area contributed by atoms with Crippen molar-refractivity contribution in [1.29, 1.82) is 0 Å². The van der Waals surface area contributed by atoms with Crippen molar-refractivity contribution in [1.82, 2.24) is 0 Å². The highest BCUT2D eigenvalue weighted by molar-refractivity contribution is 5.79. The van der Waals surface area contributed by atoms with Crippen LogP contribution in [-0.4, -0.2) is 0 Å². The molecule has 0 amide bonds. The first-order chi connectivity index (χ1) is 14.9. The molecule has 0 fully saturated rings. The molecule has 1 nitrogen and oxygen atoms in total. The van der Waals surface area contributed by atoms with Gasteiger partial charge in [-0.2, -0.15) is 13.2 Å². The van der Waals surface area contributed by atoms with E-state index < -0.39 is 23.5 Å². The lowest BCUT2D eigenvalue weighted by Gasteiger charge is -2.28. The van der Waals surface area contributed by atoms with E-state index in [-0.39, 0.29) is 16.7 Å². The summed E-state index contributed by atoms with van der Waals surface area (Å²) in [5.74, 6) is -3.38. The van der Waals surface area contributed by atoms with Gasteiger partial charge in [-0.1, -0.05) is 69.0 Å². The number of unbranched alkanes of at least 4 members (excludes halogenated alkanes) is 4. The summed E-state index contributed by atoms with van der Waals surface area (Å²) in [4.78, 5) is 0. The first-order valence-corrected chi connectivity index (χ1v) is 10.7. The number of benzene rings is 3. The van der Waals surface area contributed by atoms with Crippen LogP contribution in [0.4, 0.5) is 17.6 Å². The molecule has 3 aromatic carbocycles. The van der Waals surface area contributed by atoms with Crippen molar-refractivity contribution in [3.8, 4) is 28.0 Å². The molecule has 162 valence electrons. The molecule has 31 heavy (non-hydrogen) atoms. The molecular weight excluding hydrogens is 404 g/mol. The lowest BCUT2D eigenvalue weighted by Crippen LogP contribution is -2.27. The zero-order valence-electron chi connectivity index (χ0n) is 17.4. The number of hydrogen-bond donors (Lipinski definition) is 0. The number of halogens is 4. The number of rotatable bonds is 7. The van der Waals surface area contributed by atoms with Gasteiger partial charge in [0.15, 0.2) is 11.6 Å². The molecule has 3 aromatic rings. The van der Waals surface area contributed by atoms with Gasteiger partial charge >= 0.3 is 6.11 Å². The fourth-order valence-corrected chi connectivity index (χ4v) is 4.02. The van der Waals surface area contributed by atoms with Crippen LogP contribution in [0.5, 0.6) is 5.75 Å². The standard InChI is InChI=1S/C26H24F4O/c1-2-3-4-5-6-7-17-8-10-18(11-9-17)19-12-13-20-21-14-15-23(27)24(28)25(21)31-26(29,30)22(20)16-19/h8-16H,2-7H2,1H3. The number of alkyl halides is 2. The average molecular weight is 428 g/mol. The molecule has 0 N–H and O–H groups in total. The SMILES string of the molecule is CCCCCCCc1ccc(-c2ccc3c(c2)C(F)(F)Oc2c-3ccc(F)c2F)cc1. The second-order valence-corrected chi connectivity index (χ2v) is 7.98. The zero-order chi connectivity index (χ0) is 22.0. The van der Waals surface area contributed by atoms with E-state index in [9.17, 15) is 17.6 Å². The summed E-state index contributed by atoms with van der Waals surface area (Å²) in [6, 6.07) is 14.7. The Balaban J connectivity index is 1.59. The van der Waals surface area contributed by atoms with E-state index >= 15 is 0 Å². The summed E-state index contributed by atoms with van der Waals surface area (Å²) in [5, 5.41) is 0. The minimum atomic E-state index is -3.76. The molecule has 0 bridgehead atoms. The van der Waals surface area contributed by atoms with E-state index in [0.29, 0.717) is 5.56 Å². The molecule has 4 rings (SSSR count). The lowest BCUT2D eigenvalue weighted by atomic mass is 9.91. The van der Waals surface area contributed by atoms with Gasteiger partial charge in [-0.25, -0.2) is 4.39 Å². The minimum absolute atomic E-state index is 0.116. The Hall–Kier alpha value is -2.82. The Bertz CT molecular complexity index is 1070. The maximum absolute atomic E-state index is 14.7. The van der Waals surface area contributed by atoms with E-state index in [1.165, 1.54) is 49.4 Å². The fourth-order valence-electron chi connectivity index (χ4n) is 4.02. The van der Waals surface area contributed by atoms with E-state index in [2.05, 4.69) is 11.7 Å². The molecule has 5 heteroatoms. The molecule has 0 atom stereocenters. The fraction of sp³-hybridized carbons (Fsp3) is 0.308. The molecule has 1 aliphatic heterocycles. The predicted octanol–water partition coefficient (Wildman–Crippen LogP) is 8.25. The van der Waals surface area contributed by atoms with Crippen molar-refractivity contribution in [2.45, 2.75) is 51.6 Å². The van der Waals surface area contributed by atoms with Gasteiger partial charge in [0.05, 0.1) is 5.56 Å². The average Bonchev–Trinajstić information content (AvgIpc) is 2.77. The van der Waals surface area contributed by atoms with Crippen molar-refractivity contribution in [2.24, 2.45) is 0 Å². The van der Waals surface area contributed by atoms with Gasteiger partial charge in [0.1, 0.15) is 0 Å². The first-order valence-electron chi connectivity index (χ1n) is 10.7. The highest BCUT2D eigenvalue weighted by Crippen LogP contribution is 2.49. The largest absolute Gasteiger partial charge is 0.427 e. The molecule has 0 spiro atoms. The number of fused-ring (bicyclic) bond motifs is 3. The lowest BCUT2D eigenvalue weighted by molar-refractivity contribution is -0.188. The van der Waals surface area contributed by atoms with E-state index in [1.807, 2.05) is 24.3 Å². The van der Waals surface area contributed by atoms with Crippen LogP contribution in [0.15, 0.2) is 54.6 Å². The van der Waals surface area contributed by atoms with Crippen molar-refractivity contribution in [2.75, 3.05) is 0 Å². The van der Waals surface area contributed by atoms with Gasteiger partial charge in [-0.05, 0) is 53.3 Å². The molecule has 0 saturated carbocycles.